The molecule has 0 amide bonds. The number of nitrogens with two attached hydrogens (primary N) is 1. The van der Waals surface area contributed by atoms with Crippen molar-refractivity contribution in [2.24, 2.45) is 5.73 Å². The van der Waals surface area contributed by atoms with Crippen LogP contribution in [0.3, 0.4) is 0 Å². The minimum atomic E-state index is 0.227. The number of thiophene rings is 1. The lowest BCUT2D eigenvalue weighted by molar-refractivity contribution is 0.834. The van der Waals surface area contributed by atoms with Crippen molar-refractivity contribution < 1.29 is 0 Å². The Hall–Kier alpha value is -0.340. The van der Waals surface area contributed by atoms with Crippen LogP contribution in [-0.4, -0.2) is 0 Å². The van der Waals surface area contributed by atoms with Crippen LogP contribution in [0.15, 0.2) is 6.07 Å². The summed E-state index contributed by atoms with van der Waals surface area (Å²) in [5.74, 6) is 0. The molecule has 2 heteroatoms. The maximum atomic E-state index is 5.79. The predicted octanol–water partition coefficient (Wildman–Crippen LogP) is 2.26. The first kappa shape index (κ1) is 7.32. The first-order valence-corrected chi connectivity index (χ1v) is 4.96. The average molecular weight is 167 g/mol. The van der Waals surface area contributed by atoms with E-state index in [1.54, 1.807) is 10.4 Å². The van der Waals surface area contributed by atoms with Crippen molar-refractivity contribution in [1.82, 2.24) is 0 Å². The molecular formula is C9H13NS. The van der Waals surface area contributed by atoms with Crippen molar-refractivity contribution in [2.75, 3.05) is 0 Å². The van der Waals surface area contributed by atoms with Gasteiger partial charge in [-0.15, -0.1) is 11.3 Å². The number of hydrogen-bond donors (Lipinski definition) is 1. The Bertz CT molecular complexity index is 241. The predicted molar refractivity (Wildman–Crippen MR) is 48.9 cm³/mol. The van der Waals surface area contributed by atoms with E-state index in [9.17, 15) is 0 Å². The van der Waals surface area contributed by atoms with Crippen molar-refractivity contribution in [3.05, 3.63) is 21.4 Å². The van der Waals surface area contributed by atoms with Crippen molar-refractivity contribution in [2.45, 2.75) is 32.2 Å². The average Bonchev–Trinajstić information content (AvgIpc) is 2.40. The summed E-state index contributed by atoms with van der Waals surface area (Å²) in [6, 6.07) is 2.52. The second kappa shape index (κ2) is 2.61. The molecule has 2 rings (SSSR count). The molecular weight excluding hydrogens is 154 g/mol. The SMILES string of the molecule is CC(N)c1cc2c(s1)CCC2. The van der Waals surface area contributed by atoms with E-state index in [-0.39, 0.29) is 6.04 Å². The third-order valence-electron chi connectivity index (χ3n) is 2.21. The first-order chi connectivity index (χ1) is 5.27. The van der Waals surface area contributed by atoms with E-state index in [1.165, 1.54) is 24.1 Å². The van der Waals surface area contributed by atoms with E-state index in [2.05, 4.69) is 13.0 Å². The monoisotopic (exact) mass is 167 g/mol. The molecule has 1 aliphatic carbocycles. The third-order valence-corrected chi connectivity index (χ3v) is 3.65. The molecule has 0 bridgehead atoms. The van der Waals surface area contributed by atoms with Crippen molar-refractivity contribution in [3.63, 3.8) is 0 Å². The zero-order chi connectivity index (χ0) is 7.84. The smallest absolute Gasteiger partial charge is 0.0361 e. The summed E-state index contributed by atoms with van der Waals surface area (Å²) in [6.07, 6.45) is 3.91. The Kier molecular flexibility index (Phi) is 1.74. The van der Waals surface area contributed by atoms with Crippen LogP contribution in [-0.2, 0) is 12.8 Å². The quantitative estimate of drug-likeness (QED) is 0.682. The molecule has 0 aromatic carbocycles. The molecule has 1 unspecified atom stereocenters. The van der Waals surface area contributed by atoms with Crippen LogP contribution in [0.2, 0.25) is 0 Å². The van der Waals surface area contributed by atoms with Crippen molar-refractivity contribution >= 4 is 11.3 Å². The molecule has 1 aliphatic rings. The largest absolute Gasteiger partial charge is 0.324 e. The lowest BCUT2D eigenvalue weighted by Crippen LogP contribution is -2.01. The maximum absolute atomic E-state index is 5.79. The summed E-state index contributed by atoms with van der Waals surface area (Å²) >= 11 is 1.91. The van der Waals surface area contributed by atoms with Crippen LogP contribution in [0.25, 0.3) is 0 Å². The summed E-state index contributed by atoms with van der Waals surface area (Å²) in [5.41, 5.74) is 7.34. The highest BCUT2D eigenvalue weighted by atomic mass is 32.1. The molecule has 0 spiro atoms. The summed E-state index contributed by atoms with van der Waals surface area (Å²) in [6.45, 7) is 2.06. The zero-order valence-electron chi connectivity index (χ0n) is 6.76. The van der Waals surface area contributed by atoms with Gasteiger partial charge in [0, 0.05) is 15.8 Å². The number of hydrogen-bond acceptors (Lipinski definition) is 2. The van der Waals surface area contributed by atoms with Gasteiger partial charge in [0.2, 0.25) is 0 Å². The Morgan fingerprint density at radius 2 is 2.36 bits per heavy atom. The third kappa shape index (κ3) is 1.21. The molecule has 0 saturated heterocycles. The highest BCUT2D eigenvalue weighted by Gasteiger charge is 2.15. The Labute approximate surface area is 71.2 Å². The standard InChI is InChI=1S/C9H13NS/c1-6(10)9-5-7-3-2-4-8(7)11-9/h5-6H,2-4,10H2,1H3. The van der Waals surface area contributed by atoms with Gasteiger partial charge in [0.1, 0.15) is 0 Å². The van der Waals surface area contributed by atoms with Crippen LogP contribution < -0.4 is 5.73 Å². The Morgan fingerprint density at radius 1 is 1.55 bits per heavy atom. The molecule has 1 atom stereocenters. The van der Waals surface area contributed by atoms with Crippen LogP contribution in [0.4, 0.5) is 0 Å². The molecule has 0 radical (unpaired) electrons. The van der Waals surface area contributed by atoms with Gasteiger partial charge in [-0.05, 0) is 37.8 Å². The van der Waals surface area contributed by atoms with Gasteiger partial charge in [0.05, 0.1) is 0 Å². The Balaban J connectivity index is 2.34. The minimum absolute atomic E-state index is 0.227. The number of aryl methyl sites for hydroxylation is 2. The van der Waals surface area contributed by atoms with Gasteiger partial charge in [0.25, 0.3) is 0 Å². The second-order valence-electron chi connectivity index (χ2n) is 3.24. The summed E-state index contributed by atoms with van der Waals surface area (Å²) in [7, 11) is 0. The molecule has 2 N–H and O–H groups in total. The molecule has 1 heterocycles. The van der Waals surface area contributed by atoms with E-state index < -0.39 is 0 Å². The Morgan fingerprint density at radius 3 is 3.00 bits per heavy atom. The normalized spacial score (nSPS) is 18.4. The van der Waals surface area contributed by atoms with Crippen LogP contribution in [0, 0.1) is 0 Å². The molecule has 0 aliphatic heterocycles. The molecule has 1 nitrogen and oxygen atoms in total. The topological polar surface area (TPSA) is 26.0 Å². The molecule has 60 valence electrons. The van der Waals surface area contributed by atoms with E-state index in [4.69, 9.17) is 5.73 Å². The highest BCUT2D eigenvalue weighted by Crippen LogP contribution is 2.32. The maximum Gasteiger partial charge on any atom is 0.0361 e. The van der Waals surface area contributed by atoms with Crippen LogP contribution in [0.5, 0.6) is 0 Å². The van der Waals surface area contributed by atoms with Gasteiger partial charge in [-0.25, -0.2) is 0 Å². The van der Waals surface area contributed by atoms with Crippen LogP contribution >= 0.6 is 11.3 Å². The molecule has 0 saturated carbocycles. The lowest BCUT2D eigenvalue weighted by Gasteiger charge is -1.98. The second-order valence-corrected chi connectivity index (χ2v) is 4.41. The van der Waals surface area contributed by atoms with Crippen molar-refractivity contribution in [3.8, 4) is 0 Å². The van der Waals surface area contributed by atoms with Gasteiger partial charge >= 0.3 is 0 Å². The van der Waals surface area contributed by atoms with E-state index in [0.29, 0.717) is 0 Å². The first-order valence-electron chi connectivity index (χ1n) is 4.14. The molecule has 1 aromatic heterocycles. The molecule has 0 fully saturated rings. The van der Waals surface area contributed by atoms with Gasteiger partial charge in [-0.2, -0.15) is 0 Å². The van der Waals surface area contributed by atoms with Crippen LogP contribution in [0.1, 0.15) is 34.7 Å². The number of rotatable bonds is 1. The highest BCUT2D eigenvalue weighted by molar-refractivity contribution is 7.12. The zero-order valence-corrected chi connectivity index (χ0v) is 7.58. The number of fused-ring (bicyclic) bond motifs is 1. The minimum Gasteiger partial charge on any atom is -0.324 e. The van der Waals surface area contributed by atoms with Gasteiger partial charge < -0.3 is 5.73 Å². The van der Waals surface area contributed by atoms with Gasteiger partial charge in [-0.1, -0.05) is 0 Å². The molecule has 1 aromatic rings. The van der Waals surface area contributed by atoms with E-state index in [1.807, 2.05) is 11.3 Å². The summed E-state index contributed by atoms with van der Waals surface area (Å²) < 4.78 is 0. The summed E-state index contributed by atoms with van der Waals surface area (Å²) in [4.78, 5) is 2.94. The van der Waals surface area contributed by atoms with Crippen molar-refractivity contribution in [1.29, 1.82) is 0 Å². The van der Waals surface area contributed by atoms with E-state index in [0.717, 1.165) is 0 Å². The fraction of sp³-hybridized carbons (Fsp3) is 0.556. The van der Waals surface area contributed by atoms with Gasteiger partial charge in [0.15, 0.2) is 0 Å². The molecule has 11 heavy (non-hydrogen) atoms. The summed E-state index contributed by atoms with van der Waals surface area (Å²) in [5, 5.41) is 0. The lowest BCUT2D eigenvalue weighted by atomic mass is 10.2. The van der Waals surface area contributed by atoms with Gasteiger partial charge in [-0.3, -0.25) is 0 Å². The fourth-order valence-electron chi connectivity index (χ4n) is 1.58. The fourth-order valence-corrected chi connectivity index (χ4v) is 2.79. The van der Waals surface area contributed by atoms with E-state index >= 15 is 0 Å².